The van der Waals surface area contributed by atoms with Crippen LogP contribution in [0.5, 0.6) is 0 Å². The van der Waals surface area contributed by atoms with E-state index in [0.717, 1.165) is 6.42 Å². The van der Waals surface area contributed by atoms with E-state index in [1.54, 1.807) is 17.1 Å². The highest BCUT2D eigenvalue weighted by Gasteiger charge is 2.16. The minimum atomic E-state index is -0.0443. The van der Waals surface area contributed by atoms with E-state index in [4.69, 9.17) is 10.5 Å². The van der Waals surface area contributed by atoms with Crippen LogP contribution in [-0.4, -0.2) is 12.5 Å². The Balaban J connectivity index is 2.35. The molecule has 5 heteroatoms. The van der Waals surface area contributed by atoms with Gasteiger partial charge < -0.3 is 0 Å². The smallest absolute Gasteiger partial charge is 0.238 e. The quantitative estimate of drug-likeness (QED) is 0.776. The summed E-state index contributed by atoms with van der Waals surface area (Å²) in [5, 5.41) is 19.4. The van der Waals surface area contributed by atoms with Crippen LogP contribution in [0, 0.1) is 22.7 Å². The molecule has 1 aromatic carbocycles. The number of nitrogens with one attached hydrogen (secondary N) is 1. The first kappa shape index (κ1) is 11.0. The summed E-state index contributed by atoms with van der Waals surface area (Å²) < 4.78 is 0. The van der Waals surface area contributed by atoms with Crippen molar-refractivity contribution in [3.8, 4) is 12.1 Å². The van der Waals surface area contributed by atoms with Gasteiger partial charge in [-0.3, -0.25) is 15.2 Å². The van der Waals surface area contributed by atoms with Crippen LogP contribution in [0.3, 0.4) is 0 Å². The Labute approximate surface area is 98.8 Å². The second-order valence-electron chi connectivity index (χ2n) is 3.78. The Morgan fingerprint density at radius 1 is 1.18 bits per heavy atom. The lowest BCUT2D eigenvalue weighted by molar-refractivity contribution is -0.122. The molecule has 0 aromatic heterocycles. The average Bonchev–Trinajstić information content (AvgIpc) is 2.38. The van der Waals surface area contributed by atoms with Gasteiger partial charge in [-0.05, 0) is 24.6 Å². The Bertz CT molecular complexity index is 506. The topological polar surface area (TPSA) is 79.9 Å². The average molecular weight is 226 g/mol. The number of carbonyl (C=O) groups excluding carboxylic acids is 1. The number of nitriles is 2. The van der Waals surface area contributed by atoms with Crippen LogP contribution in [0.1, 0.15) is 24.0 Å². The van der Waals surface area contributed by atoms with Gasteiger partial charge in [0, 0.05) is 13.0 Å². The lowest BCUT2D eigenvalue weighted by atomic mass is 10.1. The lowest BCUT2D eigenvalue weighted by Crippen LogP contribution is -2.47. The molecule has 0 radical (unpaired) electrons. The zero-order valence-electron chi connectivity index (χ0n) is 9.10. The maximum atomic E-state index is 11.3. The molecule has 1 saturated heterocycles. The number of amides is 1. The third-order valence-electron chi connectivity index (χ3n) is 2.53. The highest BCUT2D eigenvalue weighted by atomic mass is 16.2. The van der Waals surface area contributed by atoms with Crippen molar-refractivity contribution in [3.05, 3.63) is 29.3 Å². The van der Waals surface area contributed by atoms with Crippen LogP contribution < -0.4 is 10.4 Å². The molecule has 2 rings (SSSR count). The van der Waals surface area contributed by atoms with Crippen molar-refractivity contribution in [2.24, 2.45) is 0 Å². The third-order valence-corrected chi connectivity index (χ3v) is 2.53. The van der Waals surface area contributed by atoms with E-state index < -0.39 is 0 Å². The summed E-state index contributed by atoms with van der Waals surface area (Å²) in [4.78, 5) is 11.3. The Hall–Kier alpha value is -2.53. The standard InChI is InChI=1S/C12H10N4O/c13-7-9-4-10(8-14)6-11(5-9)16-3-1-2-12(17)15-16/h4-6H,1-3H2,(H,15,17). The minimum absolute atomic E-state index is 0.0443. The molecule has 1 amide bonds. The number of nitrogens with zero attached hydrogens (tertiary/aromatic N) is 3. The van der Waals surface area contributed by atoms with Gasteiger partial charge in [0.1, 0.15) is 0 Å². The molecular weight excluding hydrogens is 216 g/mol. The van der Waals surface area contributed by atoms with Gasteiger partial charge in [0.2, 0.25) is 5.91 Å². The number of hydrazine groups is 1. The normalized spacial score (nSPS) is 14.7. The van der Waals surface area contributed by atoms with Gasteiger partial charge in [-0.25, -0.2) is 0 Å². The number of benzene rings is 1. The van der Waals surface area contributed by atoms with E-state index in [9.17, 15) is 4.79 Å². The van der Waals surface area contributed by atoms with Crippen molar-refractivity contribution in [2.45, 2.75) is 12.8 Å². The van der Waals surface area contributed by atoms with Gasteiger partial charge in [-0.2, -0.15) is 10.5 Å². The first-order valence-electron chi connectivity index (χ1n) is 5.25. The fraction of sp³-hybridized carbons (Fsp3) is 0.250. The van der Waals surface area contributed by atoms with Crippen LogP contribution in [0.2, 0.25) is 0 Å². The zero-order chi connectivity index (χ0) is 12.3. The summed E-state index contributed by atoms with van der Waals surface area (Å²) in [6.07, 6.45) is 1.28. The summed E-state index contributed by atoms with van der Waals surface area (Å²) in [5.74, 6) is -0.0443. The maximum absolute atomic E-state index is 11.3. The Morgan fingerprint density at radius 3 is 2.35 bits per heavy atom. The number of anilines is 1. The molecule has 17 heavy (non-hydrogen) atoms. The molecule has 0 spiro atoms. The first-order valence-corrected chi connectivity index (χ1v) is 5.25. The molecule has 84 valence electrons. The van der Waals surface area contributed by atoms with Crippen LogP contribution >= 0.6 is 0 Å². The molecular formula is C12H10N4O. The van der Waals surface area contributed by atoms with Crippen LogP contribution in [0.4, 0.5) is 5.69 Å². The summed E-state index contributed by atoms with van der Waals surface area (Å²) >= 11 is 0. The lowest BCUT2D eigenvalue weighted by Gasteiger charge is -2.29. The largest absolute Gasteiger partial charge is 0.285 e. The molecule has 1 fully saturated rings. The Morgan fingerprint density at radius 2 is 1.82 bits per heavy atom. The molecule has 0 atom stereocenters. The minimum Gasteiger partial charge on any atom is -0.285 e. The second kappa shape index (κ2) is 4.54. The van der Waals surface area contributed by atoms with Crippen LogP contribution in [-0.2, 0) is 4.79 Å². The van der Waals surface area contributed by atoms with Gasteiger partial charge in [-0.15, -0.1) is 0 Å². The Kier molecular flexibility index (Phi) is 2.93. The zero-order valence-corrected chi connectivity index (χ0v) is 9.10. The SMILES string of the molecule is N#Cc1cc(C#N)cc(N2CCCC(=O)N2)c1. The number of rotatable bonds is 1. The maximum Gasteiger partial charge on any atom is 0.238 e. The van der Waals surface area contributed by atoms with Crippen molar-refractivity contribution < 1.29 is 4.79 Å². The molecule has 0 bridgehead atoms. The molecule has 1 aliphatic rings. The second-order valence-corrected chi connectivity index (χ2v) is 3.78. The van der Waals surface area contributed by atoms with Gasteiger partial charge in [0.05, 0.1) is 29.0 Å². The van der Waals surface area contributed by atoms with Crippen molar-refractivity contribution in [2.75, 3.05) is 11.6 Å². The number of hydrogen-bond acceptors (Lipinski definition) is 4. The predicted molar refractivity (Wildman–Crippen MR) is 60.6 cm³/mol. The van der Waals surface area contributed by atoms with Crippen molar-refractivity contribution >= 4 is 11.6 Å². The van der Waals surface area contributed by atoms with E-state index in [-0.39, 0.29) is 5.91 Å². The fourth-order valence-corrected chi connectivity index (χ4v) is 1.75. The molecule has 1 aliphatic heterocycles. The van der Waals surface area contributed by atoms with E-state index in [1.807, 2.05) is 12.1 Å². The van der Waals surface area contributed by atoms with Gasteiger partial charge in [0.25, 0.3) is 0 Å². The summed E-state index contributed by atoms with van der Waals surface area (Å²) in [6.45, 7) is 0.686. The van der Waals surface area contributed by atoms with Crippen molar-refractivity contribution in [1.29, 1.82) is 10.5 Å². The van der Waals surface area contributed by atoms with E-state index in [2.05, 4.69) is 5.43 Å². The molecule has 5 nitrogen and oxygen atoms in total. The van der Waals surface area contributed by atoms with Crippen molar-refractivity contribution in [3.63, 3.8) is 0 Å². The summed E-state index contributed by atoms with van der Waals surface area (Å²) in [6, 6.07) is 8.85. The highest BCUT2D eigenvalue weighted by molar-refractivity contribution is 5.79. The van der Waals surface area contributed by atoms with E-state index in [1.165, 1.54) is 6.07 Å². The predicted octanol–water partition coefficient (Wildman–Crippen LogP) is 1.06. The monoisotopic (exact) mass is 226 g/mol. The summed E-state index contributed by atoms with van der Waals surface area (Å²) in [5.41, 5.74) is 4.22. The fourth-order valence-electron chi connectivity index (χ4n) is 1.75. The number of hydrogen-bond donors (Lipinski definition) is 1. The van der Waals surface area contributed by atoms with Gasteiger partial charge >= 0.3 is 0 Å². The molecule has 1 N–H and O–H groups in total. The van der Waals surface area contributed by atoms with E-state index in [0.29, 0.717) is 29.8 Å². The van der Waals surface area contributed by atoms with Crippen LogP contribution in [0.25, 0.3) is 0 Å². The van der Waals surface area contributed by atoms with Gasteiger partial charge in [-0.1, -0.05) is 0 Å². The highest BCUT2D eigenvalue weighted by Crippen LogP contribution is 2.19. The first-order chi connectivity index (χ1) is 8.22. The van der Waals surface area contributed by atoms with E-state index >= 15 is 0 Å². The molecule has 1 aromatic rings. The number of carbonyl (C=O) groups is 1. The molecule has 0 unspecified atom stereocenters. The van der Waals surface area contributed by atoms with Crippen LogP contribution in [0.15, 0.2) is 18.2 Å². The molecule has 1 heterocycles. The summed E-state index contributed by atoms with van der Waals surface area (Å²) in [7, 11) is 0. The molecule has 0 saturated carbocycles. The van der Waals surface area contributed by atoms with Gasteiger partial charge in [0.15, 0.2) is 0 Å². The third kappa shape index (κ3) is 2.35. The van der Waals surface area contributed by atoms with Crippen molar-refractivity contribution in [1.82, 2.24) is 5.43 Å². The molecule has 0 aliphatic carbocycles.